The Balaban J connectivity index is 1.36. The van der Waals surface area contributed by atoms with Crippen molar-refractivity contribution in [1.82, 2.24) is 29.9 Å². The molecule has 6 rings (SSSR count). The zero-order valence-electron chi connectivity index (χ0n) is 21.2. The van der Waals surface area contributed by atoms with Crippen LogP contribution in [0.25, 0.3) is 27.7 Å². The summed E-state index contributed by atoms with van der Waals surface area (Å²) in [5, 5.41) is 12.3. The monoisotopic (exact) mass is 562 g/mol. The van der Waals surface area contributed by atoms with E-state index in [0.717, 1.165) is 60.1 Å². The van der Waals surface area contributed by atoms with E-state index in [-0.39, 0.29) is 15.7 Å². The summed E-state index contributed by atoms with van der Waals surface area (Å²) in [6, 6.07) is 14.4. The second-order valence-electron chi connectivity index (χ2n) is 9.47. The van der Waals surface area contributed by atoms with Crippen molar-refractivity contribution in [3.05, 3.63) is 71.6 Å². The summed E-state index contributed by atoms with van der Waals surface area (Å²) in [7, 11) is -3.96. The van der Waals surface area contributed by atoms with Crippen LogP contribution in [0.3, 0.4) is 0 Å². The first-order chi connectivity index (χ1) is 18.9. The second-order valence-corrected chi connectivity index (χ2v) is 11.5. The first kappa shape index (κ1) is 25.5. The van der Waals surface area contributed by atoms with Crippen LogP contribution < -0.4 is 15.4 Å². The molecule has 10 nitrogen and oxygen atoms in total. The van der Waals surface area contributed by atoms with Crippen LogP contribution in [0.5, 0.6) is 0 Å². The van der Waals surface area contributed by atoms with Gasteiger partial charge in [-0.2, -0.15) is 5.10 Å². The van der Waals surface area contributed by atoms with Crippen LogP contribution in [0.4, 0.5) is 11.8 Å². The van der Waals surface area contributed by atoms with E-state index in [4.69, 9.17) is 16.6 Å². The molecule has 0 saturated carbocycles. The largest absolute Gasteiger partial charge is 0.350 e. The molecule has 5 aromatic rings. The molecular formula is C27H27ClN8O2S. The number of piperidine rings is 1. The molecule has 1 atom stereocenters. The molecule has 39 heavy (non-hydrogen) atoms. The number of sulfonamides is 1. The van der Waals surface area contributed by atoms with Crippen LogP contribution in [0.1, 0.15) is 25.3 Å². The van der Waals surface area contributed by atoms with Crippen molar-refractivity contribution in [2.24, 2.45) is 0 Å². The minimum atomic E-state index is -3.96. The van der Waals surface area contributed by atoms with Gasteiger partial charge in [-0.3, -0.25) is 4.72 Å². The number of rotatable bonds is 7. The van der Waals surface area contributed by atoms with Crippen molar-refractivity contribution in [2.75, 3.05) is 23.1 Å². The average Bonchev–Trinajstić information content (AvgIpc) is 3.38. The third-order valence-electron chi connectivity index (χ3n) is 6.88. The molecule has 0 bridgehead atoms. The van der Waals surface area contributed by atoms with E-state index in [9.17, 15) is 8.42 Å². The Labute approximate surface area is 230 Å². The molecule has 0 amide bonds. The molecule has 0 aliphatic carbocycles. The molecule has 1 aliphatic heterocycles. The normalized spacial score (nSPS) is 16.0. The van der Waals surface area contributed by atoms with Gasteiger partial charge in [-0.15, -0.1) is 0 Å². The molecule has 0 spiro atoms. The van der Waals surface area contributed by atoms with Gasteiger partial charge >= 0.3 is 0 Å². The number of benzene rings is 2. The Bertz CT molecular complexity index is 1780. The molecule has 4 heterocycles. The number of nitrogens with zero attached hydrogens (tertiary/aromatic N) is 5. The number of nitrogens with one attached hydrogen (secondary N) is 3. The molecular weight excluding hydrogens is 536 g/mol. The minimum Gasteiger partial charge on any atom is -0.350 e. The Morgan fingerprint density at radius 2 is 2.03 bits per heavy atom. The van der Waals surface area contributed by atoms with Gasteiger partial charge in [0.25, 0.3) is 10.0 Å². The van der Waals surface area contributed by atoms with Crippen molar-refractivity contribution in [3.8, 4) is 11.3 Å². The van der Waals surface area contributed by atoms with E-state index in [0.29, 0.717) is 17.5 Å². The standard InChI is InChI=1S/C27H27ClN8O2S/c1-2-17-12-18(13-19-14-30-27(34-25(17)19)33-20-6-5-11-29-15-20)22-9-10-23-26(31-16-32-36(22)23)35-39(37,38)24-8-4-3-7-21(24)28/h3-4,7-10,12-14,16,20,29H,2,5-6,11,15H2,1H3,(H,30,33,34)(H,31,32,35)/t20-/m0/s1. The van der Waals surface area contributed by atoms with E-state index in [2.05, 4.69) is 43.4 Å². The average molecular weight is 563 g/mol. The third kappa shape index (κ3) is 5.00. The summed E-state index contributed by atoms with van der Waals surface area (Å²) in [5.74, 6) is 0.791. The van der Waals surface area contributed by atoms with Crippen LogP contribution >= 0.6 is 11.6 Å². The lowest BCUT2D eigenvalue weighted by atomic mass is 10.0. The first-order valence-corrected chi connectivity index (χ1v) is 14.7. The quantitative estimate of drug-likeness (QED) is 0.264. The van der Waals surface area contributed by atoms with Crippen LogP contribution in [0.2, 0.25) is 5.02 Å². The number of aromatic nitrogens is 5. The van der Waals surface area contributed by atoms with Crippen LogP contribution in [-0.2, 0) is 16.4 Å². The Morgan fingerprint density at radius 3 is 2.82 bits per heavy atom. The van der Waals surface area contributed by atoms with Crippen molar-refractivity contribution in [1.29, 1.82) is 0 Å². The lowest BCUT2D eigenvalue weighted by Crippen LogP contribution is -2.38. The summed E-state index contributed by atoms with van der Waals surface area (Å²) in [6.07, 6.45) is 6.18. The van der Waals surface area contributed by atoms with Gasteiger partial charge in [0.1, 0.15) is 16.7 Å². The van der Waals surface area contributed by atoms with Gasteiger partial charge in [0.2, 0.25) is 5.95 Å². The maximum atomic E-state index is 13.0. The summed E-state index contributed by atoms with van der Waals surface area (Å²) >= 11 is 6.14. The van der Waals surface area contributed by atoms with E-state index in [1.165, 1.54) is 18.5 Å². The molecule has 12 heteroatoms. The summed E-state index contributed by atoms with van der Waals surface area (Å²) in [5.41, 5.74) is 4.21. The number of aryl methyl sites for hydroxylation is 1. The maximum Gasteiger partial charge on any atom is 0.264 e. The molecule has 0 unspecified atom stereocenters. The zero-order chi connectivity index (χ0) is 27.0. The number of hydrogen-bond donors (Lipinski definition) is 3. The lowest BCUT2D eigenvalue weighted by molar-refractivity contribution is 0.478. The molecule has 200 valence electrons. The molecule has 3 N–H and O–H groups in total. The maximum absolute atomic E-state index is 13.0. The molecule has 0 radical (unpaired) electrons. The van der Waals surface area contributed by atoms with Crippen LogP contribution in [-0.4, -0.2) is 52.1 Å². The smallest absolute Gasteiger partial charge is 0.264 e. The molecule has 1 saturated heterocycles. The van der Waals surface area contributed by atoms with E-state index >= 15 is 0 Å². The van der Waals surface area contributed by atoms with Crippen molar-refractivity contribution < 1.29 is 8.42 Å². The van der Waals surface area contributed by atoms with Gasteiger partial charge in [-0.05, 0) is 67.8 Å². The summed E-state index contributed by atoms with van der Waals surface area (Å²) < 4.78 is 30.3. The zero-order valence-corrected chi connectivity index (χ0v) is 22.8. The van der Waals surface area contributed by atoms with Gasteiger partial charge < -0.3 is 10.6 Å². The topological polar surface area (TPSA) is 126 Å². The SMILES string of the molecule is CCc1cc(-c2ccc3c(NS(=O)(=O)c4ccccc4Cl)ncnn23)cc2cnc(N[C@H]3CCCNC3)nc12. The van der Waals surface area contributed by atoms with E-state index in [1.54, 1.807) is 22.7 Å². The van der Waals surface area contributed by atoms with E-state index < -0.39 is 10.0 Å². The number of hydrogen-bond acceptors (Lipinski definition) is 8. The van der Waals surface area contributed by atoms with Crippen molar-refractivity contribution in [3.63, 3.8) is 0 Å². The number of halogens is 1. The summed E-state index contributed by atoms with van der Waals surface area (Å²) in [4.78, 5) is 13.6. The van der Waals surface area contributed by atoms with Crippen LogP contribution in [0.15, 0.2) is 66.0 Å². The molecule has 3 aromatic heterocycles. The number of anilines is 2. The molecule has 1 aliphatic rings. The predicted octanol–water partition coefficient (Wildman–Crippen LogP) is 4.52. The predicted molar refractivity (Wildman–Crippen MR) is 153 cm³/mol. The highest BCUT2D eigenvalue weighted by Crippen LogP contribution is 2.31. The van der Waals surface area contributed by atoms with Gasteiger partial charge in [-0.25, -0.2) is 27.9 Å². The van der Waals surface area contributed by atoms with Gasteiger partial charge in [-0.1, -0.05) is 30.7 Å². The van der Waals surface area contributed by atoms with E-state index in [1.807, 2.05) is 18.3 Å². The highest BCUT2D eigenvalue weighted by atomic mass is 35.5. The Morgan fingerprint density at radius 1 is 1.15 bits per heavy atom. The second kappa shape index (κ2) is 10.4. The minimum absolute atomic E-state index is 0.0223. The van der Waals surface area contributed by atoms with Crippen molar-refractivity contribution >= 4 is 49.8 Å². The van der Waals surface area contributed by atoms with Gasteiger partial charge in [0.15, 0.2) is 5.82 Å². The molecule has 2 aromatic carbocycles. The van der Waals surface area contributed by atoms with Gasteiger partial charge in [0, 0.05) is 29.7 Å². The molecule has 1 fully saturated rings. The first-order valence-electron chi connectivity index (χ1n) is 12.8. The Hall–Kier alpha value is -3.80. The highest BCUT2D eigenvalue weighted by molar-refractivity contribution is 7.92. The van der Waals surface area contributed by atoms with Crippen LogP contribution in [0, 0.1) is 0 Å². The van der Waals surface area contributed by atoms with Gasteiger partial charge in [0.05, 0.1) is 16.2 Å². The summed E-state index contributed by atoms with van der Waals surface area (Å²) in [6.45, 7) is 4.05. The fourth-order valence-corrected chi connectivity index (χ4v) is 6.48. The van der Waals surface area contributed by atoms with Crippen molar-refractivity contribution in [2.45, 2.75) is 37.1 Å². The third-order valence-corrected chi connectivity index (χ3v) is 8.72. The lowest BCUT2D eigenvalue weighted by Gasteiger charge is -2.23. The number of fused-ring (bicyclic) bond motifs is 2. The highest BCUT2D eigenvalue weighted by Gasteiger charge is 2.21. The Kier molecular flexibility index (Phi) is 6.79. The fraction of sp³-hybridized carbons (Fsp3) is 0.259. The fourth-order valence-electron chi connectivity index (χ4n) is 4.94.